The van der Waals surface area contributed by atoms with Gasteiger partial charge in [0.15, 0.2) is 0 Å². The molecule has 1 N–H and O–H groups in total. The zero-order valence-electron chi connectivity index (χ0n) is 10.2. The van der Waals surface area contributed by atoms with Crippen LogP contribution in [0.2, 0.25) is 0 Å². The summed E-state index contributed by atoms with van der Waals surface area (Å²) in [4.78, 5) is 24.3. The van der Waals surface area contributed by atoms with E-state index in [0.29, 0.717) is 5.56 Å². The Bertz CT molecular complexity index is 635. The molecule has 1 aliphatic rings. The van der Waals surface area contributed by atoms with Crippen molar-refractivity contribution in [1.29, 1.82) is 0 Å². The Kier molecular flexibility index (Phi) is 2.76. The molecule has 0 saturated heterocycles. The molecule has 4 nitrogen and oxygen atoms in total. The molecular formula is C15H12N2O2. The molecule has 0 unspecified atom stereocenters. The van der Waals surface area contributed by atoms with E-state index in [9.17, 15) is 9.59 Å². The average molecular weight is 252 g/mol. The number of hydrogen-bond acceptors (Lipinski definition) is 3. The van der Waals surface area contributed by atoms with Gasteiger partial charge >= 0.3 is 0 Å². The first-order valence-corrected chi connectivity index (χ1v) is 5.99. The predicted molar refractivity (Wildman–Crippen MR) is 73.9 cm³/mol. The number of nitrogens with zero attached hydrogens (tertiary/aromatic N) is 1. The van der Waals surface area contributed by atoms with Crippen molar-refractivity contribution in [3.05, 3.63) is 54.1 Å². The highest BCUT2D eigenvalue weighted by Crippen LogP contribution is 2.34. The largest absolute Gasteiger partial charge is 0.330 e. The molecule has 0 radical (unpaired) electrons. The number of benzene rings is 2. The number of aldehydes is 1. The fourth-order valence-corrected chi connectivity index (χ4v) is 2.20. The number of rotatable bonds is 2. The standard InChI is InChI=1S/C15H12N2O2/c18-10-11-5-7-12(8-6-11)17-9-15(19)16-13-3-1-2-4-14(13)17/h1-8,10H,9H2,(H,16,19). The molecule has 0 saturated carbocycles. The first-order valence-electron chi connectivity index (χ1n) is 5.99. The van der Waals surface area contributed by atoms with Crippen LogP contribution < -0.4 is 10.2 Å². The SMILES string of the molecule is O=Cc1ccc(N2CC(=O)Nc3ccccc32)cc1. The van der Waals surface area contributed by atoms with Gasteiger partial charge in [-0.25, -0.2) is 0 Å². The number of amides is 1. The summed E-state index contributed by atoms with van der Waals surface area (Å²) in [6.07, 6.45) is 0.806. The molecule has 0 fully saturated rings. The highest BCUT2D eigenvalue weighted by Gasteiger charge is 2.22. The summed E-state index contributed by atoms with van der Waals surface area (Å²) in [7, 11) is 0. The van der Waals surface area contributed by atoms with Crippen molar-refractivity contribution in [2.75, 3.05) is 16.8 Å². The van der Waals surface area contributed by atoms with Gasteiger partial charge in [0, 0.05) is 11.3 Å². The van der Waals surface area contributed by atoms with Gasteiger partial charge in [-0.05, 0) is 36.4 Å². The highest BCUT2D eigenvalue weighted by molar-refractivity contribution is 6.03. The number of anilines is 3. The van der Waals surface area contributed by atoms with Crippen molar-refractivity contribution >= 4 is 29.3 Å². The van der Waals surface area contributed by atoms with Gasteiger partial charge in [-0.15, -0.1) is 0 Å². The summed E-state index contributed by atoms with van der Waals surface area (Å²) in [5.41, 5.74) is 3.28. The number of para-hydroxylation sites is 2. The molecule has 2 aromatic rings. The predicted octanol–water partition coefficient (Wildman–Crippen LogP) is 2.59. The topological polar surface area (TPSA) is 49.4 Å². The van der Waals surface area contributed by atoms with E-state index in [4.69, 9.17) is 0 Å². The molecule has 0 spiro atoms. The molecule has 1 amide bonds. The number of carbonyl (C=O) groups is 2. The molecule has 0 aliphatic carbocycles. The van der Waals surface area contributed by atoms with Gasteiger partial charge in [-0.3, -0.25) is 9.59 Å². The molecule has 94 valence electrons. The third-order valence-electron chi connectivity index (χ3n) is 3.11. The van der Waals surface area contributed by atoms with Crippen LogP contribution in [0.25, 0.3) is 0 Å². The van der Waals surface area contributed by atoms with E-state index in [0.717, 1.165) is 23.3 Å². The van der Waals surface area contributed by atoms with Crippen LogP contribution >= 0.6 is 0 Å². The Balaban J connectivity index is 2.04. The number of fused-ring (bicyclic) bond motifs is 1. The van der Waals surface area contributed by atoms with E-state index >= 15 is 0 Å². The summed E-state index contributed by atoms with van der Waals surface area (Å²) in [5.74, 6) is -0.0434. The summed E-state index contributed by atoms with van der Waals surface area (Å²) in [6.45, 7) is 0.275. The van der Waals surface area contributed by atoms with Crippen LogP contribution in [0.5, 0.6) is 0 Å². The van der Waals surface area contributed by atoms with Crippen LogP contribution in [-0.2, 0) is 4.79 Å². The van der Waals surface area contributed by atoms with E-state index in [1.165, 1.54) is 0 Å². The molecular weight excluding hydrogens is 240 g/mol. The molecule has 2 aromatic carbocycles. The molecule has 0 aromatic heterocycles. The summed E-state index contributed by atoms with van der Waals surface area (Å²) in [6, 6.07) is 14.8. The van der Waals surface area contributed by atoms with E-state index in [2.05, 4.69) is 5.32 Å². The fraction of sp³-hybridized carbons (Fsp3) is 0.0667. The lowest BCUT2D eigenvalue weighted by Crippen LogP contribution is -2.34. The maximum Gasteiger partial charge on any atom is 0.244 e. The van der Waals surface area contributed by atoms with Crippen molar-refractivity contribution in [1.82, 2.24) is 0 Å². The number of carbonyl (C=O) groups excluding carboxylic acids is 2. The van der Waals surface area contributed by atoms with Gasteiger partial charge in [0.05, 0.1) is 11.4 Å². The Labute approximate surface area is 110 Å². The normalized spacial score (nSPS) is 13.7. The average Bonchev–Trinajstić information content (AvgIpc) is 2.46. The van der Waals surface area contributed by atoms with Gasteiger partial charge < -0.3 is 10.2 Å². The van der Waals surface area contributed by atoms with E-state index in [-0.39, 0.29) is 12.5 Å². The third kappa shape index (κ3) is 2.08. The zero-order chi connectivity index (χ0) is 13.2. The molecule has 1 heterocycles. The van der Waals surface area contributed by atoms with Crippen molar-refractivity contribution in [2.45, 2.75) is 0 Å². The first kappa shape index (κ1) is 11.5. The van der Waals surface area contributed by atoms with Crippen LogP contribution in [0, 0.1) is 0 Å². The Morgan fingerprint density at radius 2 is 1.79 bits per heavy atom. The van der Waals surface area contributed by atoms with Crippen molar-refractivity contribution in [3.63, 3.8) is 0 Å². The van der Waals surface area contributed by atoms with E-state index in [1.54, 1.807) is 12.1 Å². The lowest BCUT2D eigenvalue weighted by atomic mass is 10.1. The second kappa shape index (κ2) is 4.57. The van der Waals surface area contributed by atoms with Crippen LogP contribution in [0.3, 0.4) is 0 Å². The van der Waals surface area contributed by atoms with Crippen LogP contribution in [0.4, 0.5) is 17.1 Å². The van der Waals surface area contributed by atoms with Crippen molar-refractivity contribution < 1.29 is 9.59 Å². The van der Waals surface area contributed by atoms with Crippen LogP contribution in [0.15, 0.2) is 48.5 Å². The highest BCUT2D eigenvalue weighted by atomic mass is 16.2. The first-order chi connectivity index (χ1) is 9.28. The minimum atomic E-state index is -0.0434. The molecule has 1 aliphatic heterocycles. The summed E-state index contributed by atoms with van der Waals surface area (Å²) < 4.78 is 0. The maximum absolute atomic E-state index is 11.7. The van der Waals surface area contributed by atoms with Gasteiger partial charge in [0.2, 0.25) is 5.91 Å². The van der Waals surface area contributed by atoms with E-state index in [1.807, 2.05) is 41.3 Å². The second-order valence-electron chi connectivity index (χ2n) is 4.36. The third-order valence-corrected chi connectivity index (χ3v) is 3.11. The van der Waals surface area contributed by atoms with Gasteiger partial charge in [0.1, 0.15) is 12.8 Å². The molecule has 0 bridgehead atoms. The van der Waals surface area contributed by atoms with Gasteiger partial charge in [-0.2, -0.15) is 0 Å². The molecule has 19 heavy (non-hydrogen) atoms. The molecule has 0 atom stereocenters. The maximum atomic E-state index is 11.7. The lowest BCUT2D eigenvalue weighted by molar-refractivity contribution is -0.115. The molecule has 4 heteroatoms. The monoisotopic (exact) mass is 252 g/mol. The zero-order valence-corrected chi connectivity index (χ0v) is 10.2. The van der Waals surface area contributed by atoms with Gasteiger partial charge in [-0.1, -0.05) is 12.1 Å². The van der Waals surface area contributed by atoms with Crippen LogP contribution in [0.1, 0.15) is 10.4 Å². The smallest absolute Gasteiger partial charge is 0.244 e. The lowest BCUT2D eigenvalue weighted by Gasteiger charge is -2.30. The number of nitrogens with one attached hydrogen (secondary N) is 1. The minimum absolute atomic E-state index is 0.0434. The van der Waals surface area contributed by atoms with Crippen molar-refractivity contribution in [2.24, 2.45) is 0 Å². The Morgan fingerprint density at radius 3 is 2.53 bits per heavy atom. The quantitative estimate of drug-likeness (QED) is 0.836. The van der Waals surface area contributed by atoms with Crippen molar-refractivity contribution in [3.8, 4) is 0 Å². The Morgan fingerprint density at radius 1 is 1.05 bits per heavy atom. The van der Waals surface area contributed by atoms with E-state index < -0.39 is 0 Å². The Hall–Kier alpha value is -2.62. The number of hydrogen-bond donors (Lipinski definition) is 1. The molecule has 3 rings (SSSR count). The van der Waals surface area contributed by atoms with Crippen LogP contribution in [-0.4, -0.2) is 18.7 Å². The summed E-state index contributed by atoms with van der Waals surface area (Å²) >= 11 is 0. The second-order valence-corrected chi connectivity index (χ2v) is 4.36. The minimum Gasteiger partial charge on any atom is -0.330 e. The summed E-state index contributed by atoms with van der Waals surface area (Å²) in [5, 5.41) is 2.85. The van der Waals surface area contributed by atoms with Gasteiger partial charge in [0.25, 0.3) is 0 Å². The fourth-order valence-electron chi connectivity index (χ4n) is 2.20.